The monoisotopic (exact) mass is 362 g/mol. The summed E-state index contributed by atoms with van der Waals surface area (Å²) in [6.07, 6.45) is 4.45. The number of piperidine rings is 1. The lowest BCUT2D eigenvalue weighted by Crippen LogP contribution is -2.69. The van der Waals surface area contributed by atoms with Gasteiger partial charge in [0.25, 0.3) is 5.91 Å². The van der Waals surface area contributed by atoms with Crippen molar-refractivity contribution in [2.24, 2.45) is 5.92 Å². The van der Waals surface area contributed by atoms with E-state index in [9.17, 15) is 13.2 Å². The summed E-state index contributed by atoms with van der Waals surface area (Å²) in [6.45, 7) is 3.76. The molecule has 3 aliphatic heterocycles. The van der Waals surface area contributed by atoms with Gasteiger partial charge in [0.1, 0.15) is 4.75 Å². The molecule has 4 rings (SSSR count). The highest BCUT2D eigenvalue weighted by molar-refractivity contribution is 7.93. The van der Waals surface area contributed by atoms with Gasteiger partial charge in [-0.05, 0) is 50.4 Å². The Morgan fingerprint density at radius 3 is 2.44 bits per heavy atom. The Bertz CT molecular complexity index is 735. The second-order valence-corrected chi connectivity index (χ2v) is 10.2. The van der Waals surface area contributed by atoms with E-state index in [4.69, 9.17) is 0 Å². The molecule has 0 radical (unpaired) electrons. The molecule has 0 aliphatic carbocycles. The standard InChI is InChI=1S/C19H26N2O3S/c22-18(16-7-3-1-4-8-16)21-14-19(15-21)17(9-12-25(19,23)24)13-20-10-5-2-6-11-20/h1,3-4,7-8,17H,2,5-6,9-15H2. The van der Waals surface area contributed by atoms with Gasteiger partial charge in [-0.1, -0.05) is 24.6 Å². The minimum atomic E-state index is -3.12. The van der Waals surface area contributed by atoms with Crippen LogP contribution in [0.2, 0.25) is 0 Å². The van der Waals surface area contributed by atoms with Gasteiger partial charge in [0.05, 0.1) is 5.75 Å². The number of carbonyl (C=O) groups is 1. The lowest BCUT2D eigenvalue weighted by Gasteiger charge is -2.50. The third kappa shape index (κ3) is 2.89. The van der Waals surface area contributed by atoms with Gasteiger partial charge >= 0.3 is 0 Å². The van der Waals surface area contributed by atoms with Crippen LogP contribution < -0.4 is 0 Å². The number of nitrogens with zero attached hydrogens (tertiary/aromatic N) is 2. The maximum atomic E-state index is 12.8. The molecule has 1 spiro atoms. The van der Waals surface area contributed by atoms with E-state index in [0.29, 0.717) is 18.7 Å². The maximum absolute atomic E-state index is 12.8. The van der Waals surface area contributed by atoms with Crippen LogP contribution in [-0.2, 0) is 9.84 Å². The van der Waals surface area contributed by atoms with Crippen molar-refractivity contribution in [3.8, 4) is 0 Å². The largest absolute Gasteiger partial charge is 0.335 e. The van der Waals surface area contributed by atoms with Crippen LogP contribution in [0.3, 0.4) is 0 Å². The zero-order valence-corrected chi connectivity index (χ0v) is 15.4. The SMILES string of the molecule is O=C(c1ccccc1)N1CC2(C1)C(CN1CCCCC1)CCS2(=O)=O. The molecular weight excluding hydrogens is 336 g/mol. The van der Waals surface area contributed by atoms with Crippen molar-refractivity contribution >= 4 is 15.7 Å². The molecule has 6 heteroatoms. The maximum Gasteiger partial charge on any atom is 0.253 e. The van der Waals surface area contributed by atoms with Gasteiger partial charge in [0.2, 0.25) is 0 Å². The molecule has 25 heavy (non-hydrogen) atoms. The van der Waals surface area contributed by atoms with E-state index in [1.165, 1.54) is 19.3 Å². The molecule has 1 aromatic rings. The van der Waals surface area contributed by atoms with Gasteiger partial charge in [-0.15, -0.1) is 0 Å². The number of amides is 1. The van der Waals surface area contributed by atoms with Crippen molar-refractivity contribution < 1.29 is 13.2 Å². The van der Waals surface area contributed by atoms with Crippen molar-refractivity contribution in [2.45, 2.75) is 30.4 Å². The highest BCUT2D eigenvalue weighted by Gasteiger charge is 2.62. The Labute approximate surface area is 149 Å². The number of carbonyl (C=O) groups excluding carboxylic acids is 1. The fourth-order valence-corrected chi connectivity index (χ4v) is 7.10. The van der Waals surface area contributed by atoms with E-state index in [1.807, 2.05) is 18.2 Å². The van der Waals surface area contributed by atoms with Crippen molar-refractivity contribution in [2.75, 3.05) is 38.5 Å². The third-order valence-electron chi connectivity index (χ3n) is 6.25. The second-order valence-electron chi connectivity index (χ2n) is 7.76. The predicted octanol–water partition coefficient (Wildman–Crippen LogP) is 1.80. The molecule has 1 amide bonds. The number of hydrogen-bond donors (Lipinski definition) is 0. The summed E-state index contributed by atoms with van der Waals surface area (Å²) in [4.78, 5) is 16.7. The number of sulfone groups is 1. The van der Waals surface area contributed by atoms with Gasteiger partial charge < -0.3 is 9.80 Å². The molecule has 3 aliphatic rings. The summed E-state index contributed by atoms with van der Waals surface area (Å²) in [6, 6.07) is 9.15. The molecule has 3 saturated heterocycles. The van der Waals surface area contributed by atoms with Gasteiger partial charge in [0.15, 0.2) is 9.84 Å². The molecule has 0 N–H and O–H groups in total. The van der Waals surface area contributed by atoms with Crippen LogP contribution >= 0.6 is 0 Å². The molecule has 5 nitrogen and oxygen atoms in total. The Morgan fingerprint density at radius 1 is 1.08 bits per heavy atom. The Kier molecular flexibility index (Phi) is 4.36. The summed E-state index contributed by atoms with van der Waals surface area (Å²) in [5.74, 6) is 0.388. The second kappa shape index (κ2) is 6.40. The van der Waals surface area contributed by atoms with Crippen molar-refractivity contribution in [1.29, 1.82) is 0 Å². The van der Waals surface area contributed by atoms with E-state index >= 15 is 0 Å². The van der Waals surface area contributed by atoms with Crippen LogP contribution in [0, 0.1) is 5.92 Å². The molecular formula is C19H26N2O3S. The van der Waals surface area contributed by atoms with E-state index in [0.717, 1.165) is 26.1 Å². The lowest BCUT2D eigenvalue weighted by atomic mass is 9.82. The van der Waals surface area contributed by atoms with Crippen LogP contribution in [0.15, 0.2) is 30.3 Å². The molecule has 1 atom stereocenters. The normalized spacial score (nSPS) is 28.0. The average molecular weight is 362 g/mol. The van der Waals surface area contributed by atoms with Crippen LogP contribution in [0.5, 0.6) is 0 Å². The highest BCUT2D eigenvalue weighted by atomic mass is 32.2. The van der Waals surface area contributed by atoms with Crippen molar-refractivity contribution in [1.82, 2.24) is 9.80 Å². The molecule has 0 saturated carbocycles. The molecule has 1 unspecified atom stereocenters. The van der Waals surface area contributed by atoms with E-state index in [2.05, 4.69) is 4.90 Å². The zero-order valence-electron chi connectivity index (χ0n) is 14.6. The number of benzene rings is 1. The quantitative estimate of drug-likeness (QED) is 0.823. The summed E-state index contributed by atoms with van der Waals surface area (Å²) in [5.41, 5.74) is 0.639. The minimum absolute atomic E-state index is 0.0509. The lowest BCUT2D eigenvalue weighted by molar-refractivity contribution is 0.0412. The summed E-state index contributed by atoms with van der Waals surface area (Å²) in [7, 11) is -3.12. The van der Waals surface area contributed by atoms with Crippen LogP contribution in [-0.4, -0.2) is 67.3 Å². The Morgan fingerprint density at radius 2 is 1.76 bits per heavy atom. The summed E-state index contributed by atoms with van der Waals surface area (Å²) in [5, 5.41) is 0. The molecule has 0 bridgehead atoms. The smallest absolute Gasteiger partial charge is 0.253 e. The highest BCUT2D eigenvalue weighted by Crippen LogP contribution is 2.45. The van der Waals surface area contributed by atoms with Gasteiger partial charge in [-0.3, -0.25) is 4.79 Å². The first-order valence-corrected chi connectivity index (χ1v) is 11.0. The van der Waals surface area contributed by atoms with Crippen molar-refractivity contribution in [3.05, 3.63) is 35.9 Å². The van der Waals surface area contributed by atoms with Crippen molar-refractivity contribution in [3.63, 3.8) is 0 Å². The molecule has 3 fully saturated rings. The molecule has 0 aromatic heterocycles. The van der Waals surface area contributed by atoms with Gasteiger partial charge in [0, 0.05) is 25.2 Å². The van der Waals surface area contributed by atoms with Crippen LogP contribution in [0.1, 0.15) is 36.0 Å². The van der Waals surface area contributed by atoms with Gasteiger partial charge in [-0.25, -0.2) is 8.42 Å². The fourth-order valence-electron chi connectivity index (χ4n) is 4.69. The first-order chi connectivity index (χ1) is 12.0. The minimum Gasteiger partial charge on any atom is -0.335 e. The zero-order chi connectivity index (χ0) is 17.5. The number of hydrogen-bond acceptors (Lipinski definition) is 4. The Hall–Kier alpha value is -1.40. The summed E-state index contributed by atoms with van der Waals surface area (Å²) < 4.78 is 24.8. The van der Waals surface area contributed by atoms with Crippen LogP contribution in [0.25, 0.3) is 0 Å². The van der Waals surface area contributed by atoms with Crippen LogP contribution in [0.4, 0.5) is 0 Å². The molecule has 1 aromatic carbocycles. The van der Waals surface area contributed by atoms with E-state index in [-0.39, 0.29) is 17.6 Å². The number of likely N-dealkylation sites (tertiary alicyclic amines) is 2. The molecule has 136 valence electrons. The molecule has 3 heterocycles. The summed E-state index contributed by atoms with van der Waals surface area (Å²) >= 11 is 0. The predicted molar refractivity (Wildman–Crippen MR) is 97.3 cm³/mol. The first kappa shape index (κ1) is 17.0. The average Bonchev–Trinajstić information content (AvgIpc) is 2.85. The Balaban J connectivity index is 1.48. The topological polar surface area (TPSA) is 57.7 Å². The first-order valence-electron chi connectivity index (χ1n) is 9.31. The third-order valence-corrected chi connectivity index (χ3v) is 8.85. The van der Waals surface area contributed by atoms with Gasteiger partial charge in [-0.2, -0.15) is 0 Å². The fraction of sp³-hybridized carbons (Fsp3) is 0.632. The van der Waals surface area contributed by atoms with E-state index < -0.39 is 14.6 Å². The van der Waals surface area contributed by atoms with E-state index in [1.54, 1.807) is 17.0 Å². The number of rotatable bonds is 3.